The molecular formula is C42H72F3NO9. The van der Waals surface area contributed by atoms with Crippen molar-refractivity contribution in [1.29, 1.82) is 0 Å². The van der Waals surface area contributed by atoms with Crippen LogP contribution < -0.4 is 5.32 Å². The highest BCUT2D eigenvalue weighted by atomic mass is 19.4. The van der Waals surface area contributed by atoms with Gasteiger partial charge in [0.05, 0.1) is 30.9 Å². The fourth-order valence-corrected chi connectivity index (χ4v) is 7.08. The first-order valence-electron chi connectivity index (χ1n) is 21.1. The van der Waals surface area contributed by atoms with Gasteiger partial charge in [0.1, 0.15) is 30.5 Å². The number of amides is 1. The maximum absolute atomic E-state index is 13.0. The van der Waals surface area contributed by atoms with Gasteiger partial charge in [-0.25, -0.2) is 0 Å². The number of alkyl halides is 3. The lowest BCUT2D eigenvalue weighted by Crippen LogP contribution is -2.60. The van der Waals surface area contributed by atoms with Gasteiger partial charge in [-0.15, -0.1) is 0 Å². The van der Waals surface area contributed by atoms with Crippen molar-refractivity contribution in [2.24, 2.45) is 0 Å². The van der Waals surface area contributed by atoms with E-state index >= 15 is 0 Å². The van der Waals surface area contributed by atoms with E-state index in [-0.39, 0.29) is 18.9 Å². The molecule has 0 aliphatic carbocycles. The molecule has 1 aromatic rings. The molecule has 1 aliphatic heterocycles. The van der Waals surface area contributed by atoms with Crippen molar-refractivity contribution in [3.63, 3.8) is 0 Å². The van der Waals surface area contributed by atoms with Gasteiger partial charge in [-0.1, -0.05) is 135 Å². The van der Waals surface area contributed by atoms with Gasteiger partial charge in [-0.2, -0.15) is 13.2 Å². The molecule has 0 radical (unpaired) electrons. The molecule has 1 saturated heterocycles. The summed E-state index contributed by atoms with van der Waals surface area (Å²) >= 11 is 0. The monoisotopic (exact) mass is 792 g/mol. The van der Waals surface area contributed by atoms with Crippen LogP contribution in [-0.4, -0.2) is 98.7 Å². The maximum atomic E-state index is 13.0. The van der Waals surface area contributed by atoms with Gasteiger partial charge < -0.3 is 45.4 Å². The lowest BCUT2D eigenvalue weighted by Gasteiger charge is -2.40. The summed E-state index contributed by atoms with van der Waals surface area (Å²) in [7, 11) is 0. The molecule has 13 heteroatoms. The standard InChI is InChI=1S/C42H72F3NO9/c1-2-3-4-5-6-7-8-9-10-14-17-20-23-34(48)37(50)33(30-54-41-40(53)39(52)38(51)35(29-47)55-41)46-36(49)24-21-18-15-12-11-13-16-19-22-31-25-27-32(28-26-31)42(43,44)45/h25-28,33-35,37-41,47-48,50-53H,2-24,29-30H2,1H3,(H,46,49)/t33-,34+,35?,37-,38?,39?,40?,41?/m0/s1. The Labute approximate surface area is 327 Å². The molecule has 0 spiro atoms. The van der Waals surface area contributed by atoms with Crippen LogP contribution in [0.2, 0.25) is 0 Å². The molecule has 0 saturated carbocycles. The smallest absolute Gasteiger partial charge is 0.394 e. The van der Waals surface area contributed by atoms with Crippen molar-refractivity contribution < 1.29 is 58.1 Å². The van der Waals surface area contributed by atoms with Crippen LogP contribution in [0, 0.1) is 0 Å². The van der Waals surface area contributed by atoms with Gasteiger partial charge in [0.15, 0.2) is 6.29 Å². The van der Waals surface area contributed by atoms with Gasteiger partial charge in [-0.05, 0) is 43.4 Å². The number of halogens is 3. The fraction of sp³-hybridized carbons (Fsp3) is 0.833. The lowest BCUT2D eigenvalue weighted by molar-refractivity contribution is -0.303. The lowest BCUT2D eigenvalue weighted by atomic mass is 9.98. The fourth-order valence-electron chi connectivity index (χ4n) is 7.08. The number of aliphatic hydroxyl groups excluding tert-OH is 6. The molecule has 0 aromatic heterocycles. The van der Waals surface area contributed by atoms with Crippen molar-refractivity contribution >= 4 is 5.91 Å². The molecule has 0 bridgehead atoms. The van der Waals surface area contributed by atoms with Gasteiger partial charge in [0.2, 0.25) is 5.91 Å². The van der Waals surface area contributed by atoms with Crippen molar-refractivity contribution in [2.45, 2.75) is 210 Å². The third-order valence-corrected chi connectivity index (χ3v) is 10.7. The van der Waals surface area contributed by atoms with E-state index in [0.717, 1.165) is 88.3 Å². The molecule has 1 heterocycles. The quantitative estimate of drug-likeness (QED) is 0.0397. The molecule has 1 fully saturated rings. The van der Waals surface area contributed by atoms with E-state index in [4.69, 9.17) is 9.47 Å². The molecule has 5 unspecified atom stereocenters. The maximum Gasteiger partial charge on any atom is 0.416 e. The summed E-state index contributed by atoms with van der Waals surface area (Å²) in [4.78, 5) is 13.0. The van der Waals surface area contributed by atoms with E-state index in [2.05, 4.69) is 12.2 Å². The summed E-state index contributed by atoms with van der Waals surface area (Å²) < 4.78 is 49.3. The van der Waals surface area contributed by atoms with Crippen molar-refractivity contribution in [2.75, 3.05) is 13.2 Å². The minimum Gasteiger partial charge on any atom is -0.394 e. The molecular weight excluding hydrogens is 719 g/mol. The third-order valence-electron chi connectivity index (χ3n) is 10.7. The van der Waals surface area contributed by atoms with Crippen LogP contribution in [0.3, 0.4) is 0 Å². The first-order chi connectivity index (χ1) is 26.4. The Morgan fingerprint density at radius 3 is 1.78 bits per heavy atom. The van der Waals surface area contributed by atoms with Crippen LogP contribution in [-0.2, 0) is 26.9 Å². The van der Waals surface area contributed by atoms with E-state index in [1.165, 1.54) is 63.5 Å². The van der Waals surface area contributed by atoms with Gasteiger partial charge in [0.25, 0.3) is 0 Å². The largest absolute Gasteiger partial charge is 0.416 e. The van der Waals surface area contributed by atoms with E-state index < -0.39 is 67.3 Å². The number of hydrogen-bond donors (Lipinski definition) is 7. The van der Waals surface area contributed by atoms with Crippen molar-refractivity contribution in [3.8, 4) is 0 Å². The van der Waals surface area contributed by atoms with E-state index in [0.29, 0.717) is 19.3 Å². The first-order valence-corrected chi connectivity index (χ1v) is 21.1. The van der Waals surface area contributed by atoms with E-state index in [1.54, 1.807) is 0 Å². The number of benzene rings is 1. The van der Waals surface area contributed by atoms with Crippen LogP contribution in [0.4, 0.5) is 13.2 Å². The molecule has 55 heavy (non-hydrogen) atoms. The van der Waals surface area contributed by atoms with Gasteiger partial charge in [0, 0.05) is 6.42 Å². The topological polar surface area (TPSA) is 169 Å². The minimum absolute atomic E-state index is 0.200. The summed E-state index contributed by atoms with van der Waals surface area (Å²) in [5.41, 5.74) is 0.265. The number of aliphatic hydroxyl groups is 6. The second kappa shape index (κ2) is 28.5. The van der Waals surface area contributed by atoms with Crippen LogP contribution in [0.15, 0.2) is 24.3 Å². The molecule has 1 amide bonds. The Balaban J connectivity index is 1.71. The molecule has 320 valence electrons. The number of carbonyl (C=O) groups is 1. The summed E-state index contributed by atoms with van der Waals surface area (Å²) in [6.45, 7) is 1.24. The third kappa shape index (κ3) is 20.4. The van der Waals surface area contributed by atoms with Crippen molar-refractivity contribution in [3.05, 3.63) is 35.4 Å². The Bertz CT molecular complexity index is 1110. The second-order valence-corrected chi connectivity index (χ2v) is 15.5. The number of aryl methyl sites for hydroxylation is 1. The second-order valence-electron chi connectivity index (χ2n) is 15.5. The highest BCUT2D eigenvalue weighted by molar-refractivity contribution is 5.76. The van der Waals surface area contributed by atoms with E-state index in [1.807, 2.05) is 0 Å². The summed E-state index contributed by atoms with van der Waals surface area (Å²) in [6.07, 6.45) is 8.34. The number of ether oxygens (including phenoxy) is 2. The number of carbonyl (C=O) groups excluding carboxylic acids is 1. The molecule has 7 N–H and O–H groups in total. The Morgan fingerprint density at radius 1 is 0.745 bits per heavy atom. The summed E-state index contributed by atoms with van der Waals surface area (Å²) in [6, 6.07) is 4.28. The minimum atomic E-state index is -4.32. The average molecular weight is 792 g/mol. The van der Waals surface area contributed by atoms with E-state index in [9.17, 15) is 48.6 Å². The molecule has 10 nitrogen and oxygen atoms in total. The molecule has 2 rings (SSSR count). The summed E-state index contributed by atoms with van der Waals surface area (Å²) in [5, 5.41) is 64.9. The SMILES string of the molecule is CCCCCCCCCCCCCC[C@@H](O)[C@@H](O)[C@H](COC1OC(CO)C(O)C(O)C1O)NC(=O)CCCCCCCCCCc1ccc(C(F)(F)F)cc1. The average Bonchev–Trinajstić information content (AvgIpc) is 3.16. The number of unbranched alkanes of at least 4 members (excludes halogenated alkanes) is 18. The van der Waals surface area contributed by atoms with Gasteiger partial charge >= 0.3 is 6.18 Å². The zero-order chi connectivity index (χ0) is 40.5. The van der Waals surface area contributed by atoms with Gasteiger partial charge in [-0.3, -0.25) is 4.79 Å². The Morgan fingerprint density at radius 2 is 1.25 bits per heavy atom. The number of rotatable bonds is 31. The highest BCUT2D eigenvalue weighted by Gasteiger charge is 2.44. The van der Waals surface area contributed by atoms with Crippen LogP contribution in [0.25, 0.3) is 0 Å². The molecule has 8 atom stereocenters. The number of nitrogens with one attached hydrogen (secondary N) is 1. The predicted octanol–water partition coefficient (Wildman–Crippen LogP) is 6.87. The summed E-state index contributed by atoms with van der Waals surface area (Å²) in [5.74, 6) is -0.331. The van der Waals surface area contributed by atoms with Crippen molar-refractivity contribution in [1.82, 2.24) is 5.32 Å². The predicted molar refractivity (Wildman–Crippen MR) is 206 cm³/mol. The van der Waals surface area contributed by atoms with Crippen LogP contribution in [0.1, 0.15) is 159 Å². The normalized spacial score (nSPS) is 22.0. The van der Waals surface area contributed by atoms with Crippen LogP contribution in [0.5, 0.6) is 0 Å². The zero-order valence-corrected chi connectivity index (χ0v) is 33.1. The Kier molecular flexibility index (Phi) is 25.6. The first kappa shape index (κ1) is 49.3. The van der Waals surface area contributed by atoms with Crippen LogP contribution >= 0.6 is 0 Å². The molecule has 1 aliphatic rings. The molecule has 1 aromatic carbocycles. The zero-order valence-electron chi connectivity index (χ0n) is 33.1. The Hall–Kier alpha value is -1.84. The number of hydrogen-bond acceptors (Lipinski definition) is 9. The highest BCUT2D eigenvalue weighted by Crippen LogP contribution is 2.29.